The first-order valence-corrected chi connectivity index (χ1v) is 5.40. The number of nitrogens with zero attached hydrogens (tertiary/aromatic N) is 1. The van der Waals surface area contributed by atoms with E-state index in [9.17, 15) is 0 Å². The van der Waals surface area contributed by atoms with E-state index in [0.29, 0.717) is 10.0 Å². The molecule has 1 heterocycles. The van der Waals surface area contributed by atoms with E-state index >= 15 is 0 Å². The van der Waals surface area contributed by atoms with E-state index in [0.717, 1.165) is 14.3 Å². The largest absolute Gasteiger partial charge is 0.263 e. The average Bonchev–Trinajstić information content (AvgIpc) is 2.02. The van der Waals surface area contributed by atoms with Gasteiger partial charge in [-0.25, -0.2) is 0 Å². The molecule has 4 heteroatoms. The molecule has 1 nitrogen and oxygen atoms in total. The number of benzene rings is 1. The number of rotatable bonds is 0. The van der Waals surface area contributed by atoms with Crippen LogP contribution in [0.15, 0.2) is 24.5 Å². The summed E-state index contributed by atoms with van der Waals surface area (Å²) in [6.07, 6.45) is 3.54. The maximum absolute atomic E-state index is 6.05. The molecular weight excluding hydrogens is 320 g/mol. The molecular formula is C9H4Cl2IN. The Morgan fingerprint density at radius 2 is 1.92 bits per heavy atom. The van der Waals surface area contributed by atoms with Gasteiger partial charge in [-0.15, -0.1) is 0 Å². The first-order valence-electron chi connectivity index (χ1n) is 3.57. The zero-order valence-corrected chi connectivity index (χ0v) is 10.1. The summed E-state index contributed by atoms with van der Waals surface area (Å²) in [6, 6.07) is 3.60. The average molecular weight is 324 g/mol. The molecule has 0 saturated carbocycles. The number of pyridine rings is 1. The summed E-state index contributed by atoms with van der Waals surface area (Å²) < 4.78 is 1.04. The zero-order valence-electron chi connectivity index (χ0n) is 6.39. The third-order valence-corrected chi connectivity index (χ3v) is 3.06. The second kappa shape index (κ2) is 3.59. The molecule has 0 aliphatic heterocycles. The van der Waals surface area contributed by atoms with E-state index in [1.165, 1.54) is 0 Å². The third kappa shape index (κ3) is 1.75. The molecule has 0 saturated heterocycles. The summed E-state index contributed by atoms with van der Waals surface area (Å²) in [4.78, 5) is 4.07. The Morgan fingerprint density at radius 1 is 1.15 bits per heavy atom. The molecule has 13 heavy (non-hydrogen) atoms. The molecule has 0 unspecified atom stereocenters. The van der Waals surface area contributed by atoms with E-state index in [1.54, 1.807) is 18.5 Å². The van der Waals surface area contributed by atoms with Crippen LogP contribution < -0.4 is 0 Å². The zero-order chi connectivity index (χ0) is 9.42. The summed E-state index contributed by atoms with van der Waals surface area (Å²) in [5.74, 6) is 0. The number of hydrogen-bond donors (Lipinski definition) is 0. The van der Waals surface area contributed by atoms with Crippen LogP contribution in [-0.4, -0.2) is 4.98 Å². The van der Waals surface area contributed by atoms with Crippen molar-refractivity contribution in [3.8, 4) is 0 Å². The van der Waals surface area contributed by atoms with Crippen LogP contribution in [0.5, 0.6) is 0 Å². The summed E-state index contributed by atoms with van der Waals surface area (Å²) in [5, 5.41) is 3.31. The topological polar surface area (TPSA) is 12.9 Å². The molecule has 66 valence electrons. The van der Waals surface area contributed by atoms with Gasteiger partial charge in [0, 0.05) is 31.8 Å². The van der Waals surface area contributed by atoms with Crippen molar-refractivity contribution in [1.29, 1.82) is 0 Å². The molecule has 0 aliphatic carbocycles. The van der Waals surface area contributed by atoms with Gasteiger partial charge in [0.05, 0.1) is 5.02 Å². The summed E-state index contributed by atoms with van der Waals surface area (Å²) in [5.41, 5.74) is 0. The van der Waals surface area contributed by atoms with E-state index in [1.807, 2.05) is 6.07 Å². The fourth-order valence-corrected chi connectivity index (χ4v) is 2.73. The summed E-state index contributed by atoms with van der Waals surface area (Å²) in [6.45, 7) is 0. The summed E-state index contributed by atoms with van der Waals surface area (Å²) in [7, 11) is 0. The second-order valence-electron chi connectivity index (χ2n) is 2.61. The van der Waals surface area contributed by atoms with Gasteiger partial charge >= 0.3 is 0 Å². The van der Waals surface area contributed by atoms with Crippen molar-refractivity contribution >= 4 is 56.6 Å². The third-order valence-electron chi connectivity index (χ3n) is 1.73. The van der Waals surface area contributed by atoms with Crippen LogP contribution >= 0.6 is 45.8 Å². The van der Waals surface area contributed by atoms with Crippen molar-refractivity contribution in [2.75, 3.05) is 0 Å². The highest BCUT2D eigenvalue weighted by Gasteiger charge is 2.04. The molecule has 2 aromatic rings. The van der Waals surface area contributed by atoms with Gasteiger partial charge in [0.25, 0.3) is 0 Å². The predicted molar refractivity (Wildman–Crippen MR) is 64.5 cm³/mol. The van der Waals surface area contributed by atoms with Crippen LogP contribution in [0, 0.1) is 3.57 Å². The normalized spacial score (nSPS) is 10.7. The molecule has 0 fully saturated rings. The molecule has 0 bridgehead atoms. The first-order chi connectivity index (χ1) is 6.18. The van der Waals surface area contributed by atoms with Gasteiger partial charge in [-0.3, -0.25) is 4.98 Å². The lowest BCUT2D eigenvalue weighted by Gasteiger charge is -2.02. The minimum absolute atomic E-state index is 0.640. The van der Waals surface area contributed by atoms with Gasteiger partial charge in [-0.1, -0.05) is 23.2 Å². The van der Waals surface area contributed by atoms with Crippen molar-refractivity contribution in [1.82, 2.24) is 4.98 Å². The molecule has 0 aliphatic rings. The van der Waals surface area contributed by atoms with Crippen molar-refractivity contribution < 1.29 is 0 Å². The van der Waals surface area contributed by atoms with Crippen LogP contribution in [0.3, 0.4) is 0 Å². The molecule has 0 amide bonds. The fourth-order valence-electron chi connectivity index (χ4n) is 1.19. The number of hydrogen-bond acceptors (Lipinski definition) is 1. The standard InChI is InChI=1S/C9H4Cl2IN/c10-6-1-5-3-13-4-8(12)9(5)7(11)2-6/h1-4H. The van der Waals surface area contributed by atoms with Gasteiger partial charge in [-0.2, -0.15) is 0 Å². The predicted octanol–water partition coefficient (Wildman–Crippen LogP) is 4.15. The van der Waals surface area contributed by atoms with Crippen molar-refractivity contribution in [2.45, 2.75) is 0 Å². The van der Waals surface area contributed by atoms with Crippen molar-refractivity contribution in [3.63, 3.8) is 0 Å². The van der Waals surface area contributed by atoms with E-state index in [-0.39, 0.29) is 0 Å². The lowest BCUT2D eigenvalue weighted by Crippen LogP contribution is -1.82. The van der Waals surface area contributed by atoms with Gasteiger partial charge in [0.15, 0.2) is 0 Å². The molecule has 2 rings (SSSR count). The first kappa shape index (κ1) is 9.49. The Morgan fingerprint density at radius 3 is 2.69 bits per heavy atom. The molecule has 1 aromatic carbocycles. The van der Waals surface area contributed by atoms with Crippen LogP contribution in [0.2, 0.25) is 10.0 Å². The lowest BCUT2D eigenvalue weighted by molar-refractivity contribution is 1.35. The molecule has 1 aromatic heterocycles. The minimum atomic E-state index is 0.640. The van der Waals surface area contributed by atoms with Gasteiger partial charge in [0.2, 0.25) is 0 Å². The molecule has 0 N–H and O–H groups in total. The van der Waals surface area contributed by atoms with Crippen LogP contribution in [0.1, 0.15) is 0 Å². The highest BCUT2D eigenvalue weighted by atomic mass is 127. The highest BCUT2D eigenvalue weighted by molar-refractivity contribution is 14.1. The number of halogens is 3. The van der Waals surface area contributed by atoms with Gasteiger partial charge in [0.1, 0.15) is 0 Å². The Kier molecular flexibility index (Phi) is 2.62. The van der Waals surface area contributed by atoms with Crippen LogP contribution in [0.25, 0.3) is 10.8 Å². The van der Waals surface area contributed by atoms with E-state index in [4.69, 9.17) is 23.2 Å². The molecule has 0 atom stereocenters. The highest BCUT2D eigenvalue weighted by Crippen LogP contribution is 2.30. The summed E-state index contributed by atoms with van der Waals surface area (Å²) >= 11 is 14.1. The van der Waals surface area contributed by atoms with Crippen LogP contribution in [-0.2, 0) is 0 Å². The fraction of sp³-hybridized carbons (Fsp3) is 0. The smallest absolute Gasteiger partial charge is 0.0510 e. The Balaban J connectivity index is 2.94. The monoisotopic (exact) mass is 323 g/mol. The number of fused-ring (bicyclic) bond motifs is 1. The Bertz CT molecular complexity index is 470. The van der Waals surface area contributed by atoms with E-state index < -0.39 is 0 Å². The Hall–Kier alpha value is -0.0600. The van der Waals surface area contributed by atoms with Gasteiger partial charge in [-0.05, 0) is 34.7 Å². The van der Waals surface area contributed by atoms with Crippen molar-refractivity contribution in [3.05, 3.63) is 38.1 Å². The van der Waals surface area contributed by atoms with Crippen molar-refractivity contribution in [2.24, 2.45) is 0 Å². The SMILES string of the molecule is Clc1cc(Cl)c2c(I)cncc2c1. The number of aromatic nitrogens is 1. The quantitative estimate of drug-likeness (QED) is 0.664. The maximum atomic E-state index is 6.05. The van der Waals surface area contributed by atoms with E-state index in [2.05, 4.69) is 27.6 Å². The molecule has 0 radical (unpaired) electrons. The maximum Gasteiger partial charge on any atom is 0.0510 e. The minimum Gasteiger partial charge on any atom is -0.263 e. The second-order valence-corrected chi connectivity index (χ2v) is 4.61. The molecule has 0 spiro atoms. The Labute approximate surface area is 99.2 Å². The van der Waals surface area contributed by atoms with Crippen LogP contribution in [0.4, 0.5) is 0 Å². The lowest BCUT2D eigenvalue weighted by atomic mass is 10.2. The van der Waals surface area contributed by atoms with Gasteiger partial charge < -0.3 is 0 Å².